The molecule has 5 nitrogen and oxygen atoms in total. The molecule has 5 heteroatoms. The van der Waals surface area contributed by atoms with Gasteiger partial charge in [0.15, 0.2) is 16.6 Å². The fourth-order valence-corrected chi connectivity index (χ4v) is 3.27. The van der Waals surface area contributed by atoms with E-state index in [1.54, 1.807) is 13.8 Å². The van der Waals surface area contributed by atoms with Gasteiger partial charge in [0, 0.05) is 11.6 Å². The van der Waals surface area contributed by atoms with Crippen LogP contribution in [0.4, 0.5) is 0 Å². The van der Waals surface area contributed by atoms with Gasteiger partial charge in [-0.05, 0) is 52.3 Å². The number of fused-ring (bicyclic) bond motifs is 6. The van der Waals surface area contributed by atoms with Crippen molar-refractivity contribution in [1.29, 1.82) is 0 Å². The van der Waals surface area contributed by atoms with E-state index in [-0.39, 0.29) is 16.4 Å². The number of ether oxygens (including phenoxy) is 1. The third-order valence-electron chi connectivity index (χ3n) is 4.70. The average molecular weight is 338 g/mol. The lowest BCUT2D eigenvalue weighted by Crippen LogP contribution is -2.28. The molecule has 0 radical (unpaired) electrons. The van der Waals surface area contributed by atoms with Crippen LogP contribution in [0, 0.1) is 20.8 Å². The second kappa shape index (κ2) is 4.85. The molecule has 128 valence electrons. The number of benzene rings is 1. The molecule has 0 fully saturated rings. The van der Waals surface area contributed by atoms with Crippen molar-refractivity contribution in [2.75, 3.05) is 0 Å². The highest BCUT2D eigenvalue weighted by atomic mass is 16.5. The van der Waals surface area contributed by atoms with Crippen molar-refractivity contribution in [2.45, 2.75) is 40.2 Å². The van der Waals surface area contributed by atoms with Crippen molar-refractivity contribution in [3.63, 3.8) is 0 Å². The van der Waals surface area contributed by atoms with E-state index in [9.17, 15) is 9.59 Å². The summed E-state index contributed by atoms with van der Waals surface area (Å²) in [7, 11) is 0. The predicted octanol–water partition coefficient (Wildman–Crippen LogP) is 4.01. The Kier molecular flexibility index (Phi) is 3.04. The Morgan fingerprint density at radius 3 is 2.36 bits per heavy atom. The first-order valence-corrected chi connectivity index (χ1v) is 8.12. The minimum absolute atomic E-state index is 0.224. The Balaban J connectivity index is 2.38. The van der Waals surface area contributed by atoms with Crippen molar-refractivity contribution in [3.05, 3.63) is 55.2 Å². The Labute approximate surface area is 143 Å². The molecule has 4 rings (SSSR count). The number of aryl methyl sites for hydroxylation is 2. The topological polar surface area (TPSA) is 69.7 Å². The molecule has 0 spiro atoms. The molecule has 1 aliphatic rings. The summed E-state index contributed by atoms with van der Waals surface area (Å²) in [5.41, 5.74) is 1.32. The molecular weight excluding hydrogens is 320 g/mol. The zero-order chi connectivity index (χ0) is 18.1. The molecule has 2 aromatic heterocycles. The first-order valence-electron chi connectivity index (χ1n) is 8.12. The molecule has 0 unspecified atom stereocenters. The molecule has 0 N–H and O–H groups in total. The standard InChI is InChI=1S/C20H18O5/c1-9-8-13(21)15-16(23-9)12-6-7-20(4,5)25-17(12)14-10(2)11(3)19(22)24-18(14)15/h6-8H,1-5H3. The maximum atomic E-state index is 12.6. The van der Waals surface area contributed by atoms with Crippen LogP contribution < -0.4 is 15.8 Å². The highest BCUT2D eigenvalue weighted by Crippen LogP contribution is 2.43. The molecule has 3 heterocycles. The summed E-state index contributed by atoms with van der Waals surface area (Å²) in [5.74, 6) is 1.07. The van der Waals surface area contributed by atoms with Crippen molar-refractivity contribution in [1.82, 2.24) is 0 Å². The van der Waals surface area contributed by atoms with Crippen LogP contribution in [-0.2, 0) is 0 Å². The van der Waals surface area contributed by atoms with Crippen LogP contribution in [0.1, 0.15) is 36.3 Å². The van der Waals surface area contributed by atoms with Gasteiger partial charge in [-0.1, -0.05) is 0 Å². The first-order chi connectivity index (χ1) is 11.7. The quantitative estimate of drug-likeness (QED) is 0.457. The Hall–Kier alpha value is -2.82. The largest absolute Gasteiger partial charge is 0.482 e. The normalized spacial score (nSPS) is 15.4. The molecule has 0 atom stereocenters. The fourth-order valence-electron chi connectivity index (χ4n) is 3.27. The summed E-state index contributed by atoms with van der Waals surface area (Å²) >= 11 is 0. The second-order valence-corrected chi connectivity index (χ2v) is 7.05. The van der Waals surface area contributed by atoms with Crippen LogP contribution in [0.3, 0.4) is 0 Å². The van der Waals surface area contributed by atoms with Crippen LogP contribution >= 0.6 is 0 Å². The van der Waals surface area contributed by atoms with Gasteiger partial charge in [-0.15, -0.1) is 0 Å². The van der Waals surface area contributed by atoms with Gasteiger partial charge in [0.1, 0.15) is 22.5 Å². The molecule has 0 bridgehead atoms. The molecule has 0 amide bonds. The third kappa shape index (κ3) is 2.15. The van der Waals surface area contributed by atoms with Crippen LogP contribution in [0.25, 0.3) is 28.0 Å². The smallest absolute Gasteiger partial charge is 0.339 e. The van der Waals surface area contributed by atoms with E-state index in [0.29, 0.717) is 33.6 Å². The monoisotopic (exact) mass is 338 g/mol. The zero-order valence-corrected chi connectivity index (χ0v) is 14.8. The minimum Gasteiger partial charge on any atom is -0.482 e. The zero-order valence-electron chi connectivity index (χ0n) is 14.8. The highest BCUT2D eigenvalue weighted by Gasteiger charge is 2.30. The first kappa shape index (κ1) is 15.7. The van der Waals surface area contributed by atoms with E-state index in [4.69, 9.17) is 13.6 Å². The highest BCUT2D eigenvalue weighted by molar-refractivity contribution is 6.10. The van der Waals surface area contributed by atoms with Crippen LogP contribution in [-0.4, -0.2) is 5.60 Å². The summed E-state index contributed by atoms with van der Waals surface area (Å²) in [5, 5.41) is 0.917. The number of hydrogen-bond donors (Lipinski definition) is 0. The van der Waals surface area contributed by atoms with E-state index in [2.05, 4.69) is 0 Å². The van der Waals surface area contributed by atoms with Crippen molar-refractivity contribution >= 4 is 28.0 Å². The van der Waals surface area contributed by atoms with Crippen LogP contribution in [0.2, 0.25) is 0 Å². The van der Waals surface area contributed by atoms with E-state index >= 15 is 0 Å². The predicted molar refractivity (Wildman–Crippen MR) is 96.5 cm³/mol. The summed E-state index contributed by atoms with van der Waals surface area (Å²) in [6.07, 6.45) is 3.83. The van der Waals surface area contributed by atoms with Gasteiger partial charge in [-0.2, -0.15) is 0 Å². The fraction of sp³-hybridized carbons (Fsp3) is 0.300. The maximum absolute atomic E-state index is 12.6. The molecule has 1 aromatic carbocycles. The Bertz CT molecular complexity index is 1210. The second-order valence-electron chi connectivity index (χ2n) is 7.05. The molecule has 25 heavy (non-hydrogen) atoms. The van der Waals surface area contributed by atoms with Crippen molar-refractivity contribution in [2.24, 2.45) is 0 Å². The van der Waals surface area contributed by atoms with Gasteiger partial charge in [0.05, 0.1) is 10.9 Å². The molecule has 0 aliphatic carbocycles. The third-order valence-corrected chi connectivity index (χ3v) is 4.70. The average Bonchev–Trinajstić information content (AvgIpc) is 2.50. The van der Waals surface area contributed by atoms with Crippen molar-refractivity contribution in [3.8, 4) is 5.75 Å². The minimum atomic E-state index is -0.520. The molecular formula is C20H18O5. The van der Waals surface area contributed by atoms with Gasteiger partial charge < -0.3 is 13.6 Å². The van der Waals surface area contributed by atoms with Crippen molar-refractivity contribution < 1.29 is 13.6 Å². The Morgan fingerprint density at radius 2 is 1.64 bits per heavy atom. The van der Waals surface area contributed by atoms with E-state index in [1.807, 2.05) is 32.9 Å². The van der Waals surface area contributed by atoms with Gasteiger partial charge in [0.2, 0.25) is 0 Å². The van der Waals surface area contributed by atoms with E-state index < -0.39 is 11.2 Å². The van der Waals surface area contributed by atoms with Crippen LogP contribution in [0.5, 0.6) is 5.75 Å². The summed E-state index contributed by atoms with van der Waals surface area (Å²) in [4.78, 5) is 24.9. The number of rotatable bonds is 0. The lowest BCUT2D eigenvalue weighted by Gasteiger charge is -2.29. The van der Waals surface area contributed by atoms with Gasteiger partial charge in [0.25, 0.3) is 0 Å². The molecule has 3 aromatic rings. The maximum Gasteiger partial charge on any atom is 0.339 e. The number of hydrogen-bond acceptors (Lipinski definition) is 5. The van der Waals surface area contributed by atoms with Gasteiger partial charge in [-0.25, -0.2) is 4.79 Å². The Morgan fingerprint density at radius 1 is 0.920 bits per heavy atom. The summed E-state index contributed by atoms with van der Waals surface area (Å²) in [6.45, 7) is 9.14. The molecule has 1 aliphatic heterocycles. The SMILES string of the molecule is Cc1cc(=O)c2c(o1)c1c(c3c(C)c(C)c(=O)oc32)OC(C)(C)C=C1. The van der Waals surface area contributed by atoms with E-state index in [1.165, 1.54) is 6.07 Å². The molecule has 0 saturated carbocycles. The van der Waals surface area contributed by atoms with Gasteiger partial charge >= 0.3 is 5.63 Å². The summed E-state index contributed by atoms with van der Waals surface area (Å²) in [6, 6.07) is 1.40. The van der Waals surface area contributed by atoms with Crippen LogP contribution in [0.15, 0.2) is 30.6 Å². The lowest BCUT2D eigenvalue weighted by molar-refractivity contribution is 0.161. The molecule has 0 saturated heterocycles. The van der Waals surface area contributed by atoms with E-state index in [0.717, 1.165) is 5.56 Å². The summed E-state index contributed by atoms with van der Waals surface area (Å²) < 4.78 is 17.5. The van der Waals surface area contributed by atoms with Gasteiger partial charge in [-0.3, -0.25) is 4.79 Å². The lowest BCUT2D eigenvalue weighted by atomic mass is 9.95.